The van der Waals surface area contributed by atoms with Crippen molar-refractivity contribution in [2.24, 2.45) is 0 Å². The summed E-state index contributed by atoms with van der Waals surface area (Å²) in [5, 5.41) is 14.5. The van der Waals surface area contributed by atoms with Gasteiger partial charge in [-0.2, -0.15) is 4.68 Å². The summed E-state index contributed by atoms with van der Waals surface area (Å²) in [6, 6.07) is 5.61. The van der Waals surface area contributed by atoms with Crippen molar-refractivity contribution >= 4 is 23.7 Å². The smallest absolute Gasteiger partial charge is 0.324 e. The Hall–Kier alpha value is -2.42. The Bertz CT molecular complexity index is 770. The molecule has 0 aliphatic carbocycles. The van der Waals surface area contributed by atoms with Gasteiger partial charge in [0, 0.05) is 13.1 Å². The fraction of sp³-hybridized carbons (Fsp3) is 0.400. The Kier molecular flexibility index (Phi) is 4.52. The van der Waals surface area contributed by atoms with E-state index in [0.29, 0.717) is 18.2 Å². The second kappa shape index (κ2) is 6.60. The summed E-state index contributed by atoms with van der Waals surface area (Å²) in [7, 11) is 0. The van der Waals surface area contributed by atoms with Crippen LogP contribution in [-0.4, -0.2) is 55.4 Å². The van der Waals surface area contributed by atoms with Gasteiger partial charge in [-0.15, -0.1) is 5.10 Å². The number of aryl methyl sites for hydroxylation is 2. The molecule has 1 aromatic carbocycles. The van der Waals surface area contributed by atoms with Crippen LogP contribution in [0.1, 0.15) is 18.1 Å². The first-order valence-corrected chi connectivity index (χ1v) is 8.48. The molecule has 1 N–H and O–H groups in total. The highest BCUT2D eigenvalue weighted by atomic mass is 32.2. The van der Waals surface area contributed by atoms with Crippen LogP contribution in [0.15, 0.2) is 23.4 Å². The van der Waals surface area contributed by atoms with E-state index in [1.807, 2.05) is 32.0 Å². The Morgan fingerprint density at radius 1 is 1.33 bits per heavy atom. The molecule has 1 aliphatic rings. The van der Waals surface area contributed by atoms with Crippen LogP contribution in [0.25, 0.3) is 5.69 Å². The summed E-state index contributed by atoms with van der Waals surface area (Å²) in [6.07, 6.45) is 0. The topological polar surface area (TPSA) is 93.0 Å². The number of carbonyl (C=O) groups is 2. The Morgan fingerprint density at radius 2 is 2.04 bits per heavy atom. The van der Waals surface area contributed by atoms with Gasteiger partial charge in [-0.3, -0.25) is 9.69 Å². The number of amides is 3. The molecule has 2 aromatic rings. The predicted molar refractivity (Wildman–Crippen MR) is 89.1 cm³/mol. The Labute approximate surface area is 143 Å². The third kappa shape index (κ3) is 2.99. The van der Waals surface area contributed by atoms with Crippen molar-refractivity contribution in [2.45, 2.75) is 31.2 Å². The highest BCUT2D eigenvalue weighted by Gasteiger charge is 2.31. The van der Waals surface area contributed by atoms with Gasteiger partial charge in [-0.05, 0) is 42.3 Å². The number of para-hydroxylation sites is 1. The molecule has 9 heteroatoms. The maximum atomic E-state index is 12.4. The quantitative estimate of drug-likeness (QED) is 0.839. The largest absolute Gasteiger partial charge is 0.336 e. The zero-order valence-corrected chi connectivity index (χ0v) is 14.5. The molecule has 0 saturated carbocycles. The molecule has 3 rings (SSSR count). The third-order valence-corrected chi connectivity index (χ3v) is 4.87. The lowest BCUT2D eigenvalue weighted by Gasteiger charge is -2.17. The summed E-state index contributed by atoms with van der Waals surface area (Å²) >= 11 is 1.24. The van der Waals surface area contributed by atoms with E-state index >= 15 is 0 Å². The molecular formula is C15H18N6O2S. The van der Waals surface area contributed by atoms with Gasteiger partial charge >= 0.3 is 6.03 Å². The standard InChI is InChI=1S/C15H18N6O2S/c1-9-5-4-6-10(2)12(9)21-15(17-18-19-21)24-11(3)13(22)20-8-7-16-14(20)23/h4-6,11H,7-8H2,1-3H3,(H,16,23)/t11-/m1/s1. The lowest BCUT2D eigenvalue weighted by Crippen LogP contribution is -2.39. The van der Waals surface area contributed by atoms with Gasteiger partial charge in [-0.1, -0.05) is 30.0 Å². The average molecular weight is 346 g/mol. The number of benzene rings is 1. The second-order valence-electron chi connectivity index (χ2n) is 5.60. The van der Waals surface area contributed by atoms with Crippen LogP contribution in [0.3, 0.4) is 0 Å². The van der Waals surface area contributed by atoms with Crippen LogP contribution in [0, 0.1) is 13.8 Å². The van der Waals surface area contributed by atoms with Gasteiger partial charge in [0.1, 0.15) is 0 Å². The molecule has 1 aliphatic heterocycles. The summed E-state index contributed by atoms with van der Waals surface area (Å²) in [5.74, 6) is -0.244. The number of nitrogens with one attached hydrogen (secondary N) is 1. The SMILES string of the molecule is Cc1cccc(C)c1-n1nnnc1S[C@H](C)C(=O)N1CCNC1=O. The first-order chi connectivity index (χ1) is 11.5. The maximum absolute atomic E-state index is 12.4. The molecule has 1 saturated heterocycles. The maximum Gasteiger partial charge on any atom is 0.324 e. The number of imide groups is 1. The number of hydrogen-bond acceptors (Lipinski definition) is 6. The number of rotatable bonds is 4. The lowest BCUT2D eigenvalue weighted by atomic mass is 10.1. The van der Waals surface area contributed by atoms with Crippen molar-refractivity contribution in [3.63, 3.8) is 0 Å². The second-order valence-corrected chi connectivity index (χ2v) is 6.90. The van der Waals surface area contributed by atoms with Gasteiger partial charge in [0.2, 0.25) is 11.1 Å². The summed E-state index contributed by atoms with van der Waals surface area (Å²) in [6.45, 7) is 6.61. The van der Waals surface area contributed by atoms with Crippen molar-refractivity contribution < 1.29 is 9.59 Å². The van der Waals surface area contributed by atoms with Crippen LogP contribution in [-0.2, 0) is 4.79 Å². The molecule has 0 bridgehead atoms. The normalized spacial score (nSPS) is 15.5. The van der Waals surface area contributed by atoms with Crippen molar-refractivity contribution in [3.05, 3.63) is 29.3 Å². The Morgan fingerprint density at radius 3 is 2.67 bits per heavy atom. The Balaban J connectivity index is 1.83. The molecule has 1 aromatic heterocycles. The third-order valence-electron chi connectivity index (χ3n) is 3.84. The fourth-order valence-corrected chi connectivity index (χ4v) is 3.50. The van der Waals surface area contributed by atoms with E-state index in [-0.39, 0.29) is 11.9 Å². The van der Waals surface area contributed by atoms with Crippen molar-refractivity contribution in [3.8, 4) is 5.69 Å². The molecular weight excluding hydrogens is 328 g/mol. The predicted octanol–water partition coefficient (Wildman–Crippen LogP) is 1.31. The van der Waals surface area contributed by atoms with Crippen LogP contribution >= 0.6 is 11.8 Å². The van der Waals surface area contributed by atoms with Crippen LogP contribution in [0.4, 0.5) is 4.79 Å². The number of hydrogen-bond donors (Lipinski definition) is 1. The number of urea groups is 1. The van der Waals surface area contributed by atoms with Gasteiger partial charge in [0.05, 0.1) is 10.9 Å². The molecule has 3 amide bonds. The molecule has 0 radical (unpaired) electrons. The number of thioether (sulfide) groups is 1. The van der Waals surface area contributed by atoms with Gasteiger partial charge in [-0.25, -0.2) is 4.79 Å². The van der Waals surface area contributed by atoms with Gasteiger partial charge in [0.25, 0.3) is 0 Å². The summed E-state index contributed by atoms with van der Waals surface area (Å²) in [5.41, 5.74) is 2.99. The van der Waals surface area contributed by atoms with Gasteiger partial charge < -0.3 is 5.32 Å². The highest BCUT2D eigenvalue weighted by molar-refractivity contribution is 8.00. The molecule has 126 valence electrons. The molecule has 2 heterocycles. The minimum Gasteiger partial charge on any atom is -0.336 e. The van der Waals surface area contributed by atoms with E-state index in [4.69, 9.17) is 0 Å². The first kappa shape index (κ1) is 16.4. The zero-order chi connectivity index (χ0) is 17.3. The van der Waals surface area contributed by atoms with E-state index in [1.54, 1.807) is 11.6 Å². The number of tetrazole rings is 1. The van der Waals surface area contributed by atoms with Crippen LogP contribution in [0.2, 0.25) is 0 Å². The average Bonchev–Trinajstić information content (AvgIpc) is 3.16. The van der Waals surface area contributed by atoms with E-state index < -0.39 is 5.25 Å². The van der Waals surface area contributed by atoms with E-state index in [0.717, 1.165) is 16.8 Å². The van der Waals surface area contributed by atoms with E-state index in [9.17, 15) is 9.59 Å². The first-order valence-electron chi connectivity index (χ1n) is 7.60. The minimum atomic E-state index is -0.470. The summed E-state index contributed by atoms with van der Waals surface area (Å²) < 4.78 is 1.64. The monoisotopic (exact) mass is 346 g/mol. The molecule has 1 fully saturated rings. The zero-order valence-electron chi connectivity index (χ0n) is 13.7. The molecule has 8 nitrogen and oxygen atoms in total. The number of carbonyl (C=O) groups excluding carboxylic acids is 2. The van der Waals surface area contributed by atoms with E-state index in [1.165, 1.54) is 16.7 Å². The fourth-order valence-electron chi connectivity index (χ4n) is 2.64. The van der Waals surface area contributed by atoms with Gasteiger partial charge in [0.15, 0.2) is 0 Å². The van der Waals surface area contributed by atoms with Crippen LogP contribution in [0.5, 0.6) is 0 Å². The number of nitrogens with zero attached hydrogens (tertiary/aromatic N) is 5. The summed E-state index contributed by atoms with van der Waals surface area (Å²) in [4.78, 5) is 25.3. The highest BCUT2D eigenvalue weighted by Crippen LogP contribution is 2.27. The molecule has 24 heavy (non-hydrogen) atoms. The van der Waals surface area contributed by atoms with Crippen molar-refractivity contribution in [1.29, 1.82) is 0 Å². The number of aromatic nitrogens is 4. The lowest BCUT2D eigenvalue weighted by molar-refractivity contribution is -0.126. The molecule has 0 unspecified atom stereocenters. The van der Waals surface area contributed by atoms with Crippen molar-refractivity contribution in [2.75, 3.05) is 13.1 Å². The van der Waals surface area contributed by atoms with Crippen molar-refractivity contribution in [1.82, 2.24) is 30.4 Å². The molecule has 1 atom stereocenters. The minimum absolute atomic E-state index is 0.244. The van der Waals surface area contributed by atoms with Crippen LogP contribution < -0.4 is 5.32 Å². The molecule has 0 spiro atoms. The van der Waals surface area contributed by atoms with E-state index in [2.05, 4.69) is 20.8 Å².